The number of carbonyl (C=O) groups excluding carboxylic acids is 1. The Labute approximate surface area is 92.6 Å². The van der Waals surface area contributed by atoms with Crippen LogP contribution < -0.4 is 22.1 Å². The zero-order valence-electron chi connectivity index (χ0n) is 8.76. The molecule has 1 atom stereocenters. The summed E-state index contributed by atoms with van der Waals surface area (Å²) in [4.78, 5) is 20.9. The van der Waals surface area contributed by atoms with E-state index in [0.717, 1.165) is 0 Å². The van der Waals surface area contributed by atoms with Crippen LogP contribution in [0.15, 0.2) is 6.33 Å². The Morgan fingerprint density at radius 2 is 2.00 bits per heavy atom. The predicted octanol–water partition coefficient (Wildman–Crippen LogP) is -1.05. The molecule has 86 valence electrons. The molecule has 0 saturated carbocycles. The van der Waals surface area contributed by atoms with E-state index in [1.807, 2.05) is 0 Å². The van der Waals surface area contributed by atoms with Gasteiger partial charge in [-0.3, -0.25) is 4.79 Å². The Morgan fingerprint density at radius 1 is 1.38 bits per heavy atom. The van der Waals surface area contributed by atoms with Gasteiger partial charge < -0.3 is 22.1 Å². The van der Waals surface area contributed by atoms with Crippen molar-refractivity contribution in [3.05, 3.63) is 6.33 Å². The first kappa shape index (κ1) is 10.6. The van der Waals surface area contributed by atoms with E-state index in [1.165, 1.54) is 11.2 Å². The number of carbonyl (C=O) groups is 1. The lowest BCUT2D eigenvalue weighted by Crippen LogP contribution is -2.28. The highest BCUT2D eigenvalue weighted by molar-refractivity contribution is 6.00. The molecule has 1 saturated heterocycles. The van der Waals surface area contributed by atoms with Gasteiger partial charge in [-0.2, -0.15) is 0 Å². The van der Waals surface area contributed by atoms with Crippen LogP contribution in [0.1, 0.15) is 6.42 Å². The maximum absolute atomic E-state index is 11.8. The van der Waals surface area contributed by atoms with Crippen LogP contribution in [0.3, 0.4) is 0 Å². The standard InChI is InChI=1S/C9H14N6O/c10-2-5-1-6(16)15(3-5)7-8(11)13-4-14-9(7)12/h4-5H,1-3,10H2,(H4,11,12,13,14). The first-order valence-electron chi connectivity index (χ1n) is 5.00. The third-order valence-electron chi connectivity index (χ3n) is 2.69. The Kier molecular flexibility index (Phi) is 2.61. The number of nitrogen functional groups attached to an aromatic ring is 2. The quantitative estimate of drug-likeness (QED) is 0.586. The highest BCUT2D eigenvalue weighted by Crippen LogP contribution is 2.31. The van der Waals surface area contributed by atoms with Gasteiger partial charge in [-0.05, 0) is 12.5 Å². The molecule has 0 aliphatic carbocycles. The molecule has 0 bridgehead atoms. The van der Waals surface area contributed by atoms with E-state index in [-0.39, 0.29) is 23.5 Å². The smallest absolute Gasteiger partial charge is 0.227 e. The van der Waals surface area contributed by atoms with Crippen molar-refractivity contribution in [1.82, 2.24) is 9.97 Å². The van der Waals surface area contributed by atoms with E-state index in [4.69, 9.17) is 17.2 Å². The van der Waals surface area contributed by atoms with E-state index >= 15 is 0 Å². The van der Waals surface area contributed by atoms with Gasteiger partial charge in [0.1, 0.15) is 12.0 Å². The molecule has 1 aliphatic heterocycles. The van der Waals surface area contributed by atoms with Crippen LogP contribution in [0.25, 0.3) is 0 Å². The molecular formula is C9H14N6O. The van der Waals surface area contributed by atoms with Crippen LogP contribution in [0.4, 0.5) is 17.3 Å². The summed E-state index contributed by atoms with van der Waals surface area (Å²) < 4.78 is 0. The maximum Gasteiger partial charge on any atom is 0.227 e. The highest BCUT2D eigenvalue weighted by Gasteiger charge is 2.32. The van der Waals surface area contributed by atoms with Gasteiger partial charge in [-0.15, -0.1) is 0 Å². The highest BCUT2D eigenvalue weighted by atomic mass is 16.2. The summed E-state index contributed by atoms with van der Waals surface area (Å²) in [5.41, 5.74) is 17.3. The first-order chi connectivity index (χ1) is 7.63. The lowest BCUT2D eigenvalue weighted by atomic mass is 10.1. The van der Waals surface area contributed by atoms with Crippen LogP contribution in [0.5, 0.6) is 0 Å². The molecule has 2 rings (SSSR count). The summed E-state index contributed by atoms with van der Waals surface area (Å²) in [6, 6.07) is 0. The minimum atomic E-state index is -0.0383. The summed E-state index contributed by atoms with van der Waals surface area (Å²) in [5.74, 6) is 0.548. The van der Waals surface area contributed by atoms with Crippen molar-refractivity contribution in [3.63, 3.8) is 0 Å². The van der Waals surface area contributed by atoms with Crippen molar-refractivity contribution in [2.24, 2.45) is 11.7 Å². The average molecular weight is 222 g/mol. The minimum absolute atomic E-state index is 0.0383. The fraction of sp³-hybridized carbons (Fsp3) is 0.444. The molecule has 1 amide bonds. The van der Waals surface area contributed by atoms with E-state index < -0.39 is 0 Å². The van der Waals surface area contributed by atoms with Crippen molar-refractivity contribution >= 4 is 23.2 Å². The number of aromatic nitrogens is 2. The molecule has 16 heavy (non-hydrogen) atoms. The van der Waals surface area contributed by atoms with Gasteiger partial charge >= 0.3 is 0 Å². The molecule has 1 unspecified atom stereocenters. The van der Waals surface area contributed by atoms with Crippen molar-refractivity contribution in [2.45, 2.75) is 6.42 Å². The second-order valence-electron chi connectivity index (χ2n) is 3.80. The number of rotatable bonds is 2. The summed E-state index contributed by atoms with van der Waals surface area (Å²) in [5, 5.41) is 0. The molecule has 7 nitrogen and oxygen atoms in total. The average Bonchev–Trinajstić information content (AvgIpc) is 2.60. The Morgan fingerprint density at radius 3 is 2.50 bits per heavy atom. The van der Waals surface area contributed by atoms with Gasteiger partial charge in [0, 0.05) is 13.0 Å². The van der Waals surface area contributed by atoms with E-state index in [1.54, 1.807) is 0 Å². The van der Waals surface area contributed by atoms with Gasteiger partial charge in [-0.25, -0.2) is 9.97 Å². The van der Waals surface area contributed by atoms with E-state index in [9.17, 15) is 4.79 Å². The monoisotopic (exact) mass is 222 g/mol. The van der Waals surface area contributed by atoms with Crippen molar-refractivity contribution in [3.8, 4) is 0 Å². The molecule has 0 aromatic carbocycles. The molecule has 0 radical (unpaired) electrons. The van der Waals surface area contributed by atoms with E-state index in [2.05, 4.69) is 9.97 Å². The van der Waals surface area contributed by atoms with Gasteiger partial charge in [0.15, 0.2) is 11.6 Å². The van der Waals surface area contributed by atoms with E-state index in [0.29, 0.717) is 25.2 Å². The number of hydrogen-bond acceptors (Lipinski definition) is 6. The molecule has 1 aromatic heterocycles. The van der Waals surface area contributed by atoms with Crippen molar-refractivity contribution in [2.75, 3.05) is 29.5 Å². The summed E-state index contributed by atoms with van der Waals surface area (Å²) in [6.07, 6.45) is 1.69. The first-order valence-corrected chi connectivity index (χ1v) is 5.00. The Bertz CT molecular complexity index is 400. The molecule has 1 aromatic rings. The zero-order valence-corrected chi connectivity index (χ0v) is 8.76. The summed E-state index contributed by atoms with van der Waals surface area (Å²) >= 11 is 0. The number of hydrogen-bond donors (Lipinski definition) is 3. The topological polar surface area (TPSA) is 124 Å². The lowest BCUT2D eigenvalue weighted by molar-refractivity contribution is -0.117. The number of nitrogens with zero attached hydrogens (tertiary/aromatic N) is 3. The molecule has 2 heterocycles. The number of anilines is 3. The number of amides is 1. The summed E-state index contributed by atoms with van der Waals surface area (Å²) in [7, 11) is 0. The molecular weight excluding hydrogens is 208 g/mol. The summed E-state index contributed by atoms with van der Waals surface area (Å²) in [6.45, 7) is 0.993. The van der Waals surface area contributed by atoms with Gasteiger partial charge in [0.2, 0.25) is 5.91 Å². The normalized spacial score (nSPS) is 20.4. The van der Waals surface area contributed by atoms with Crippen LogP contribution >= 0.6 is 0 Å². The Hall–Kier alpha value is -1.89. The molecule has 1 aliphatic rings. The van der Waals surface area contributed by atoms with Gasteiger partial charge in [0.25, 0.3) is 0 Å². The van der Waals surface area contributed by atoms with Crippen LogP contribution in [-0.4, -0.2) is 29.0 Å². The third kappa shape index (κ3) is 1.65. The van der Waals surface area contributed by atoms with Gasteiger partial charge in [0.05, 0.1) is 0 Å². The fourth-order valence-corrected chi connectivity index (χ4v) is 1.84. The maximum atomic E-state index is 11.8. The van der Waals surface area contributed by atoms with Gasteiger partial charge in [-0.1, -0.05) is 0 Å². The van der Waals surface area contributed by atoms with Crippen molar-refractivity contribution < 1.29 is 4.79 Å². The molecule has 7 heteroatoms. The fourth-order valence-electron chi connectivity index (χ4n) is 1.84. The largest absolute Gasteiger partial charge is 0.382 e. The van der Waals surface area contributed by atoms with Crippen LogP contribution in [0, 0.1) is 5.92 Å². The Balaban J connectivity index is 2.35. The van der Waals surface area contributed by atoms with Crippen molar-refractivity contribution in [1.29, 1.82) is 0 Å². The molecule has 0 spiro atoms. The van der Waals surface area contributed by atoms with Crippen LogP contribution in [-0.2, 0) is 4.79 Å². The third-order valence-corrected chi connectivity index (χ3v) is 2.69. The zero-order chi connectivity index (χ0) is 11.7. The molecule has 1 fully saturated rings. The van der Waals surface area contributed by atoms with Crippen LogP contribution in [0.2, 0.25) is 0 Å². The second-order valence-corrected chi connectivity index (χ2v) is 3.80. The second kappa shape index (κ2) is 3.93. The predicted molar refractivity (Wildman–Crippen MR) is 60.4 cm³/mol. The number of nitrogens with two attached hydrogens (primary N) is 3. The minimum Gasteiger partial charge on any atom is -0.382 e. The molecule has 6 N–H and O–H groups in total. The lowest BCUT2D eigenvalue weighted by Gasteiger charge is -2.18. The SMILES string of the molecule is NCC1CC(=O)N(c2c(N)ncnc2N)C1.